The van der Waals surface area contributed by atoms with Crippen LogP contribution < -0.4 is 10.1 Å². The van der Waals surface area contributed by atoms with Crippen molar-refractivity contribution in [2.75, 3.05) is 38.2 Å². The fourth-order valence-electron chi connectivity index (χ4n) is 3.57. The van der Waals surface area contributed by atoms with Gasteiger partial charge in [-0.15, -0.1) is 11.3 Å². The minimum absolute atomic E-state index is 0.00669. The number of aryl methyl sites for hydroxylation is 1. The van der Waals surface area contributed by atoms with Gasteiger partial charge in [0.15, 0.2) is 6.61 Å². The molecular weight excluding hydrogens is 376 g/mol. The molecule has 2 heterocycles. The van der Waals surface area contributed by atoms with E-state index >= 15 is 0 Å². The van der Waals surface area contributed by atoms with Crippen LogP contribution in [0.15, 0.2) is 29.6 Å². The SMILES string of the molecule is O=C(Nc1ccc(OCC(=O)N2CCOCC2)cc1)c1csc2c1CCCC2. The highest BCUT2D eigenvalue weighted by Crippen LogP contribution is 2.30. The molecule has 1 saturated heterocycles. The second kappa shape index (κ2) is 8.75. The number of nitrogens with one attached hydrogen (secondary N) is 1. The van der Waals surface area contributed by atoms with Gasteiger partial charge < -0.3 is 19.7 Å². The first-order chi connectivity index (χ1) is 13.7. The average Bonchev–Trinajstić information content (AvgIpc) is 3.18. The smallest absolute Gasteiger partial charge is 0.260 e. The van der Waals surface area contributed by atoms with E-state index in [1.54, 1.807) is 40.5 Å². The zero-order valence-corrected chi connectivity index (χ0v) is 16.6. The zero-order chi connectivity index (χ0) is 19.3. The van der Waals surface area contributed by atoms with Crippen LogP contribution in [0.2, 0.25) is 0 Å². The van der Waals surface area contributed by atoms with E-state index in [4.69, 9.17) is 9.47 Å². The van der Waals surface area contributed by atoms with Crippen LogP contribution in [0.4, 0.5) is 5.69 Å². The van der Waals surface area contributed by atoms with Gasteiger partial charge in [-0.1, -0.05) is 0 Å². The minimum atomic E-state index is -0.0597. The average molecular weight is 401 g/mol. The second-order valence-corrected chi connectivity index (χ2v) is 7.98. The highest BCUT2D eigenvalue weighted by molar-refractivity contribution is 7.10. The van der Waals surface area contributed by atoms with Crippen LogP contribution in [0.1, 0.15) is 33.6 Å². The zero-order valence-electron chi connectivity index (χ0n) is 15.7. The molecule has 4 rings (SSSR count). The number of anilines is 1. The largest absolute Gasteiger partial charge is 0.484 e. The van der Waals surface area contributed by atoms with E-state index in [1.807, 2.05) is 5.38 Å². The van der Waals surface area contributed by atoms with Gasteiger partial charge in [-0.3, -0.25) is 9.59 Å². The number of nitrogens with zero attached hydrogens (tertiary/aromatic N) is 1. The van der Waals surface area contributed by atoms with Gasteiger partial charge in [0.1, 0.15) is 5.75 Å². The van der Waals surface area contributed by atoms with Crippen molar-refractivity contribution < 1.29 is 19.1 Å². The molecule has 1 aliphatic heterocycles. The number of amides is 2. The molecule has 0 saturated carbocycles. The van der Waals surface area contributed by atoms with E-state index in [-0.39, 0.29) is 18.4 Å². The van der Waals surface area contributed by atoms with Crippen molar-refractivity contribution in [3.63, 3.8) is 0 Å². The molecule has 1 fully saturated rings. The fraction of sp³-hybridized carbons (Fsp3) is 0.429. The Morgan fingerprint density at radius 1 is 1.11 bits per heavy atom. The predicted molar refractivity (Wildman–Crippen MR) is 108 cm³/mol. The maximum atomic E-state index is 12.6. The number of thiophene rings is 1. The Hall–Kier alpha value is -2.38. The van der Waals surface area contributed by atoms with Gasteiger partial charge in [-0.05, 0) is 55.5 Å². The maximum absolute atomic E-state index is 12.6. The Morgan fingerprint density at radius 3 is 2.64 bits per heavy atom. The van der Waals surface area contributed by atoms with Crippen molar-refractivity contribution in [3.05, 3.63) is 45.6 Å². The monoisotopic (exact) mass is 400 g/mol. The number of benzene rings is 1. The third-order valence-corrected chi connectivity index (χ3v) is 6.23. The third kappa shape index (κ3) is 4.36. The highest BCUT2D eigenvalue weighted by atomic mass is 32.1. The number of carbonyl (C=O) groups is 2. The number of morpholine rings is 1. The molecule has 2 amide bonds. The van der Waals surface area contributed by atoms with Gasteiger partial charge in [-0.25, -0.2) is 0 Å². The number of fused-ring (bicyclic) bond motifs is 1. The van der Waals surface area contributed by atoms with Crippen molar-refractivity contribution in [2.24, 2.45) is 0 Å². The predicted octanol–water partition coefficient (Wildman–Crippen LogP) is 3.12. The lowest BCUT2D eigenvalue weighted by Gasteiger charge is -2.26. The molecule has 0 radical (unpaired) electrons. The van der Waals surface area contributed by atoms with Crippen LogP contribution in [0.25, 0.3) is 0 Å². The molecule has 2 aromatic rings. The molecule has 1 aliphatic carbocycles. The normalized spacial score (nSPS) is 16.4. The molecule has 0 bridgehead atoms. The van der Waals surface area contributed by atoms with Crippen molar-refractivity contribution in [3.8, 4) is 5.75 Å². The molecule has 0 atom stereocenters. The lowest BCUT2D eigenvalue weighted by Crippen LogP contribution is -2.42. The van der Waals surface area contributed by atoms with E-state index in [0.717, 1.165) is 24.8 Å². The van der Waals surface area contributed by atoms with Gasteiger partial charge in [0, 0.05) is 29.0 Å². The first kappa shape index (κ1) is 19.0. The van der Waals surface area contributed by atoms with Gasteiger partial charge in [0.25, 0.3) is 11.8 Å². The number of rotatable bonds is 5. The summed E-state index contributed by atoms with van der Waals surface area (Å²) in [4.78, 5) is 27.8. The summed E-state index contributed by atoms with van der Waals surface area (Å²) in [6, 6.07) is 7.13. The van der Waals surface area contributed by atoms with Gasteiger partial charge in [0.2, 0.25) is 0 Å². The van der Waals surface area contributed by atoms with Crippen LogP contribution in [0.5, 0.6) is 5.75 Å². The molecule has 0 spiro atoms. The molecule has 28 heavy (non-hydrogen) atoms. The molecule has 1 N–H and O–H groups in total. The summed E-state index contributed by atoms with van der Waals surface area (Å²) in [6.07, 6.45) is 4.44. The van der Waals surface area contributed by atoms with Crippen molar-refractivity contribution in [1.82, 2.24) is 4.90 Å². The molecule has 1 aromatic heterocycles. The summed E-state index contributed by atoms with van der Waals surface area (Å²) >= 11 is 1.69. The molecule has 2 aliphatic rings. The Balaban J connectivity index is 1.31. The van der Waals surface area contributed by atoms with E-state index in [1.165, 1.54) is 16.9 Å². The van der Waals surface area contributed by atoms with E-state index < -0.39 is 0 Å². The van der Waals surface area contributed by atoms with Crippen LogP contribution in [0.3, 0.4) is 0 Å². The van der Waals surface area contributed by atoms with Crippen LogP contribution >= 0.6 is 11.3 Å². The first-order valence-corrected chi connectivity index (χ1v) is 10.6. The van der Waals surface area contributed by atoms with Crippen molar-refractivity contribution in [1.29, 1.82) is 0 Å². The summed E-state index contributed by atoms with van der Waals surface area (Å²) in [7, 11) is 0. The molecule has 7 heteroatoms. The first-order valence-electron chi connectivity index (χ1n) is 9.69. The van der Waals surface area contributed by atoms with Gasteiger partial charge in [-0.2, -0.15) is 0 Å². The highest BCUT2D eigenvalue weighted by Gasteiger charge is 2.20. The quantitative estimate of drug-likeness (QED) is 0.837. The number of hydrogen-bond donors (Lipinski definition) is 1. The topological polar surface area (TPSA) is 67.9 Å². The summed E-state index contributed by atoms with van der Waals surface area (Å²) < 4.78 is 10.8. The Labute approximate surface area is 168 Å². The Kier molecular flexibility index (Phi) is 5.92. The van der Waals surface area contributed by atoms with Crippen molar-refractivity contribution >= 4 is 28.8 Å². The molecule has 148 valence electrons. The lowest BCUT2D eigenvalue weighted by atomic mass is 9.95. The standard InChI is InChI=1S/C21H24N2O4S/c24-20(23-9-11-26-12-10-23)13-27-16-7-5-15(6-8-16)22-21(25)18-14-28-19-4-2-1-3-17(18)19/h5-8,14H,1-4,9-13H2,(H,22,25). The molecular formula is C21H24N2O4S. The number of hydrogen-bond acceptors (Lipinski definition) is 5. The summed E-state index contributed by atoms with van der Waals surface area (Å²) in [5.41, 5.74) is 2.74. The lowest BCUT2D eigenvalue weighted by molar-refractivity contribution is -0.137. The third-order valence-electron chi connectivity index (χ3n) is 5.14. The fourth-order valence-corrected chi connectivity index (χ4v) is 4.69. The Bertz CT molecular complexity index is 841. The van der Waals surface area contributed by atoms with E-state index in [0.29, 0.717) is 37.7 Å². The van der Waals surface area contributed by atoms with Crippen molar-refractivity contribution in [2.45, 2.75) is 25.7 Å². The van der Waals surface area contributed by atoms with Crippen LogP contribution in [-0.2, 0) is 22.4 Å². The van der Waals surface area contributed by atoms with Crippen LogP contribution in [0, 0.1) is 0 Å². The Morgan fingerprint density at radius 2 is 1.86 bits per heavy atom. The summed E-state index contributed by atoms with van der Waals surface area (Å²) in [5.74, 6) is 0.506. The minimum Gasteiger partial charge on any atom is -0.484 e. The van der Waals surface area contributed by atoms with Crippen LogP contribution in [-0.4, -0.2) is 49.6 Å². The molecule has 6 nitrogen and oxygen atoms in total. The molecule has 1 aromatic carbocycles. The summed E-state index contributed by atoms with van der Waals surface area (Å²) in [6.45, 7) is 2.38. The second-order valence-electron chi connectivity index (χ2n) is 7.02. The van der Waals surface area contributed by atoms with Gasteiger partial charge in [0.05, 0.1) is 18.8 Å². The van der Waals surface area contributed by atoms with E-state index in [9.17, 15) is 9.59 Å². The van der Waals surface area contributed by atoms with E-state index in [2.05, 4.69) is 5.32 Å². The number of carbonyl (C=O) groups excluding carboxylic acids is 2. The number of ether oxygens (including phenoxy) is 2. The molecule has 0 unspecified atom stereocenters. The van der Waals surface area contributed by atoms with Gasteiger partial charge >= 0.3 is 0 Å². The maximum Gasteiger partial charge on any atom is 0.260 e. The summed E-state index contributed by atoms with van der Waals surface area (Å²) in [5, 5.41) is 4.93.